The van der Waals surface area contributed by atoms with Gasteiger partial charge in [0.2, 0.25) is 5.91 Å². The van der Waals surface area contributed by atoms with Gasteiger partial charge in [-0.2, -0.15) is 0 Å². The van der Waals surface area contributed by atoms with E-state index in [9.17, 15) is 14.0 Å². The molecule has 0 radical (unpaired) electrons. The van der Waals surface area contributed by atoms with Crippen molar-refractivity contribution in [3.63, 3.8) is 0 Å². The maximum absolute atomic E-state index is 13.5. The van der Waals surface area contributed by atoms with E-state index >= 15 is 0 Å². The van der Waals surface area contributed by atoms with Crippen LogP contribution in [-0.4, -0.2) is 52.5 Å². The number of halogens is 2. The molecule has 3 saturated heterocycles. The van der Waals surface area contributed by atoms with Gasteiger partial charge in [0.05, 0.1) is 5.69 Å². The predicted octanol–water partition coefficient (Wildman–Crippen LogP) is 6.05. The molecule has 198 valence electrons. The highest BCUT2D eigenvalue weighted by Crippen LogP contribution is 2.37. The standard InChI is InChI=1S/C30H32BrFN4O2/c31-26-4-1-2-5-27(26)34-29(37)28-6-3-13-35(28)30(38)33-23-16-24-11-12-25(17-23)36(24)18-19-7-8-21-15-22(32)10-9-20(21)14-19/h1-2,4-5,7-10,14-15,23-25,28H,3,6,11-13,16-18H2,(H,33,38)(H,34,37)/t23?,24-,25+,28-/m0/s1. The van der Waals surface area contributed by atoms with Crippen molar-refractivity contribution in [2.45, 2.75) is 69.2 Å². The number of rotatable bonds is 5. The third-order valence-electron chi connectivity index (χ3n) is 8.39. The number of fused-ring (bicyclic) bond motifs is 3. The van der Waals surface area contributed by atoms with Crippen LogP contribution in [0.4, 0.5) is 14.9 Å². The Morgan fingerprint density at radius 1 is 0.947 bits per heavy atom. The minimum atomic E-state index is -0.458. The van der Waals surface area contributed by atoms with Crippen molar-refractivity contribution in [3.8, 4) is 0 Å². The summed E-state index contributed by atoms with van der Waals surface area (Å²) in [6.07, 6.45) is 5.60. The Bertz CT molecular complexity index is 1350. The highest BCUT2D eigenvalue weighted by Gasteiger charge is 2.42. The van der Waals surface area contributed by atoms with Crippen LogP contribution in [-0.2, 0) is 11.3 Å². The number of urea groups is 1. The van der Waals surface area contributed by atoms with E-state index in [-0.39, 0.29) is 23.8 Å². The average molecular weight is 580 g/mol. The van der Waals surface area contributed by atoms with Crippen molar-refractivity contribution >= 4 is 44.3 Å². The Balaban J connectivity index is 1.06. The smallest absolute Gasteiger partial charge is 0.318 e. The Kier molecular flexibility index (Phi) is 7.10. The molecular formula is C30H32BrFN4O2. The summed E-state index contributed by atoms with van der Waals surface area (Å²) >= 11 is 3.47. The molecule has 3 aliphatic rings. The third-order valence-corrected chi connectivity index (χ3v) is 9.08. The van der Waals surface area contributed by atoms with Crippen LogP contribution in [0.3, 0.4) is 0 Å². The molecule has 4 atom stereocenters. The maximum atomic E-state index is 13.5. The number of carbonyl (C=O) groups is 2. The molecule has 3 heterocycles. The number of likely N-dealkylation sites (tertiary alicyclic amines) is 1. The Labute approximate surface area is 230 Å². The molecule has 8 heteroatoms. The number of nitrogens with zero attached hydrogens (tertiary/aromatic N) is 2. The quantitative estimate of drug-likeness (QED) is 0.387. The second-order valence-corrected chi connectivity index (χ2v) is 11.7. The molecule has 0 aromatic heterocycles. The summed E-state index contributed by atoms with van der Waals surface area (Å²) in [5, 5.41) is 8.22. The predicted molar refractivity (Wildman–Crippen MR) is 150 cm³/mol. The highest BCUT2D eigenvalue weighted by atomic mass is 79.9. The molecule has 3 aromatic rings. The number of hydrogen-bond acceptors (Lipinski definition) is 3. The lowest BCUT2D eigenvalue weighted by molar-refractivity contribution is -0.119. The number of nitrogens with one attached hydrogen (secondary N) is 2. The molecule has 2 bridgehead atoms. The van der Waals surface area contributed by atoms with Gasteiger partial charge in [0.15, 0.2) is 0 Å². The fourth-order valence-electron chi connectivity index (χ4n) is 6.54. The van der Waals surface area contributed by atoms with Gasteiger partial charge in [0, 0.05) is 35.7 Å². The number of para-hydroxylation sites is 1. The summed E-state index contributed by atoms with van der Waals surface area (Å²) in [4.78, 5) is 30.6. The lowest BCUT2D eigenvalue weighted by Gasteiger charge is -2.40. The Morgan fingerprint density at radius 2 is 1.68 bits per heavy atom. The summed E-state index contributed by atoms with van der Waals surface area (Å²) in [5.74, 6) is -0.352. The molecule has 0 saturated carbocycles. The fraction of sp³-hybridized carbons (Fsp3) is 0.400. The molecule has 6 nitrogen and oxygen atoms in total. The molecule has 3 aromatic carbocycles. The van der Waals surface area contributed by atoms with Crippen LogP contribution in [0.25, 0.3) is 10.8 Å². The van der Waals surface area contributed by atoms with Crippen molar-refractivity contribution in [2.24, 2.45) is 0 Å². The zero-order valence-electron chi connectivity index (χ0n) is 21.2. The van der Waals surface area contributed by atoms with E-state index in [0.29, 0.717) is 30.7 Å². The van der Waals surface area contributed by atoms with Gasteiger partial charge in [0.25, 0.3) is 0 Å². The molecule has 6 rings (SSSR count). The second-order valence-electron chi connectivity index (χ2n) is 10.8. The molecule has 3 fully saturated rings. The minimum absolute atomic E-state index is 0.114. The summed E-state index contributed by atoms with van der Waals surface area (Å²) in [6.45, 7) is 1.46. The van der Waals surface area contributed by atoms with Crippen molar-refractivity contribution in [1.29, 1.82) is 0 Å². The molecule has 0 spiro atoms. The largest absolute Gasteiger partial charge is 0.335 e. The van der Waals surface area contributed by atoms with Crippen molar-refractivity contribution in [2.75, 3.05) is 11.9 Å². The Morgan fingerprint density at radius 3 is 2.47 bits per heavy atom. The molecule has 38 heavy (non-hydrogen) atoms. The zero-order chi connectivity index (χ0) is 26.2. The van der Waals surface area contributed by atoms with E-state index in [4.69, 9.17) is 0 Å². The number of benzene rings is 3. The van der Waals surface area contributed by atoms with Gasteiger partial charge < -0.3 is 15.5 Å². The molecule has 3 amide bonds. The second kappa shape index (κ2) is 10.7. The van der Waals surface area contributed by atoms with E-state index in [1.165, 1.54) is 11.6 Å². The number of piperidine rings is 1. The average Bonchev–Trinajstić information content (AvgIpc) is 3.48. The summed E-state index contributed by atoms with van der Waals surface area (Å²) in [7, 11) is 0. The molecule has 1 unspecified atom stereocenters. The van der Waals surface area contributed by atoms with E-state index in [1.807, 2.05) is 36.4 Å². The van der Waals surface area contributed by atoms with Crippen molar-refractivity contribution in [3.05, 3.63) is 76.5 Å². The lowest BCUT2D eigenvalue weighted by atomic mass is 9.96. The Hall–Kier alpha value is -2.97. The van der Waals surface area contributed by atoms with E-state index in [2.05, 4.69) is 43.6 Å². The van der Waals surface area contributed by atoms with Gasteiger partial charge in [0.1, 0.15) is 11.9 Å². The molecule has 2 N–H and O–H groups in total. The minimum Gasteiger partial charge on any atom is -0.335 e. The van der Waals surface area contributed by atoms with Gasteiger partial charge >= 0.3 is 6.03 Å². The topological polar surface area (TPSA) is 64.7 Å². The normalized spacial score (nSPS) is 25.1. The molecule has 3 aliphatic heterocycles. The first-order valence-corrected chi connectivity index (χ1v) is 14.3. The van der Waals surface area contributed by atoms with Crippen LogP contribution in [0, 0.1) is 5.82 Å². The van der Waals surface area contributed by atoms with Crippen LogP contribution < -0.4 is 10.6 Å². The first-order valence-electron chi connectivity index (χ1n) is 13.5. The van der Waals surface area contributed by atoms with E-state index < -0.39 is 6.04 Å². The highest BCUT2D eigenvalue weighted by molar-refractivity contribution is 9.10. The summed E-state index contributed by atoms with van der Waals surface area (Å²) in [5.41, 5.74) is 1.95. The fourth-order valence-corrected chi connectivity index (χ4v) is 6.93. The van der Waals surface area contributed by atoms with Crippen LogP contribution >= 0.6 is 15.9 Å². The van der Waals surface area contributed by atoms with E-state index in [0.717, 1.165) is 53.9 Å². The SMILES string of the molecule is O=C(Nc1ccccc1Br)[C@@H]1CCCN1C(=O)NC1C[C@H]2CC[C@@H](C1)N2Cc1ccc2cc(F)ccc2c1. The van der Waals surface area contributed by atoms with Gasteiger partial charge in [-0.25, -0.2) is 9.18 Å². The zero-order valence-corrected chi connectivity index (χ0v) is 22.8. The third kappa shape index (κ3) is 5.16. The molecular weight excluding hydrogens is 547 g/mol. The number of amides is 3. The van der Waals surface area contributed by atoms with Crippen LogP contribution in [0.5, 0.6) is 0 Å². The maximum Gasteiger partial charge on any atom is 0.318 e. The first kappa shape index (κ1) is 25.3. The van der Waals surface area contributed by atoms with Crippen molar-refractivity contribution < 1.29 is 14.0 Å². The summed E-state index contributed by atoms with van der Waals surface area (Å²) < 4.78 is 14.4. The van der Waals surface area contributed by atoms with Crippen molar-refractivity contribution in [1.82, 2.24) is 15.1 Å². The first-order chi connectivity index (χ1) is 18.4. The van der Waals surface area contributed by atoms with Gasteiger partial charge in [-0.15, -0.1) is 0 Å². The van der Waals surface area contributed by atoms with Gasteiger partial charge in [-0.05, 0) is 101 Å². The molecule has 0 aliphatic carbocycles. The van der Waals surface area contributed by atoms with Gasteiger partial charge in [-0.1, -0.05) is 30.3 Å². The van der Waals surface area contributed by atoms with Gasteiger partial charge in [-0.3, -0.25) is 9.69 Å². The van der Waals surface area contributed by atoms with E-state index in [1.54, 1.807) is 11.0 Å². The van der Waals surface area contributed by atoms with Crippen LogP contribution in [0.2, 0.25) is 0 Å². The lowest BCUT2D eigenvalue weighted by Crippen LogP contribution is -2.54. The summed E-state index contributed by atoms with van der Waals surface area (Å²) in [6, 6.07) is 19.1. The van der Waals surface area contributed by atoms with Crippen LogP contribution in [0.1, 0.15) is 44.1 Å². The number of carbonyl (C=O) groups excluding carboxylic acids is 2. The monoisotopic (exact) mass is 578 g/mol. The number of hydrogen-bond donors (Lipinski definition) is 2. The number of anilines is 1. The van der Waals surface area contributed by atoms with Crippen LogP contribution in [0.15, 0.2) is 65.1 Å².